The first-order valence-corrected chi connectivity index (χ1v) is 8.85. The van der Waals surface area contributed by atoms with Crippen LogP contribution in [0.15, 0.2) is 21.6 Å². The van der Waals surface area contributed by atoms with Gasteiger partial charge in [-0.15, -0.1) is 0 Å². The van der Waals surface area contributed by atoms with Crippen molar-refractivity contribution in [1.82, 2.24) is 14.5 Å². The summed E-state index contributed by atoms with van der Waals surface area (Å²) in [5, 5.41) is 3.16. The smallest absolute Gasteiger partial charge is 0.276 e. The van der Waals surface area contributed by atoms with Crippen molar-refractivity contribution in [3.05, 3.63) is 17.9 Å². The predicted octanol–water partition coefficient (Wildman–Crippen LogP) is 1.10. The molecule has 0 saturated carbocycles. The molecule has 0 aromatic carbocycles. The van der Waals surface area contributed by atoms with Gasteiger partial charge < -0.3 is 14.6 Å². The van der Waals surface area contributed by atoms with Gasteiger partial charge in [0.25, 0.3) is 10.0 Å². The summed E-state index contributed by atoms with van der Waals surface area (Å²) in [5.41, 5.74) is 0. The van der Waals surface area contributed by atoms with Crippen LogP contribution in [0.1, 0.15) is 25.5 Å². The highest BCUT2D eigenvalue weighted by Gasteiger charge is 2.32. The van der Waals surface area contributed by atoms with Crippen molar-refractivity contribution in [3.63, 3.8) is 0 Å². The summed E-state index contributed by atoms with van der Waals surface area (Å²) in [4.78, 5) is 2.22. The molecule has 2 heterocycles. The number of rotatable bonds is 6. The minimum absolute atomic E-state index is 0.0387. The van der Waals surface area contributed by atoms with Crippen LogP contribution in [0.25, 0.3) is 0 Å². The molecule has 2 rings (SSSR count). The van der Waals surface area contributed by atoms with E-state index in [1.54, 1.807) is 19.2 Å². The van der Waals surface area contributed by atoms with Gasteiger partial charge in [-0.05, 0) is 51.7 Å². The van der Waals surface area contributed by atoms with E-state index in [2.05, 4.69) is 17.3 Å². The quantitative estimate of drug-likeness (QED) is 0.852. The van der Waals surface area contributed by atoms with Gasteiger partial charge in [-0.2, -0.15) is 4.31 Å². The first-order valence-electron chi connectivity index (χ1n) is 7.41. The molecule has 0 spiro atoms. The maximum Gasteiger partial charge on any atom is 0.276 e. The lowest BCUT2D eigenvalue weighted by Crippen LogP contribution is -2.44. The summed E-state index contributed by atoms with van der Waals surface area (Å²) < 4.78 is 32.1. The summed E-state index contributed by atoms with van der Waals surface area (Å²) in [6, 6.07) is 3.32. The van der Waals surface area contributed by atoms with Crippen LogP contribution in [0.2, 0.25) is 0 Å². The molecule has 0 bridgehead atoms. The normalized spacial score (nSPS) is 18.5. The third kappa shape index (κ3) is 3.85. The molecule has 7 heteroatoms. The van der Waals surface area contributed by atoms with E-state index in [9.17, 15) is 8.42 Å². The Hall–Kier alpha value is -0.890. The maximum atomic E-state index is 12.6. The third-order valence-electron chi connectivity index (χ3n) is 4.02. The van der Waals surface area contributed by atoms with Crippen LogP contribution in [0.5, 0.6) is 0 Å². The summed E-state index contributed by atoms with van der Waals surface area (Å²) in [6.45, 7) is 5.21. The number of sulfonamides is 1. The highest BCUT2D eigenvalue weighted by atomic mass is 32.2. The number of likely N-dealkylation sites (tertiary alicyclic amines) is 1. The Balaban J connectivity index is 2.07. The fraction of sp³-hybridized carbons (Fsp3) is 0.714. The van der Waals surface area contributed by atoms with Crippen LogP contribution in [0, 0.1) is 0 Å². The third-order valence-corrected chi connectivity index (χ3v) is 5.81. The van der Waals surface area contributed by atoms with Gasteiger partial charge in [0.05, 0.1) is 6.54 Å². The minimum atomic E-state index is -3.54. The van der Waals surface area contributed by atoms with Crippen LogP contribution in [0.3, 0.4) is 0 Å². The van der Waals surface area contributed by atoms with Crippen molar-refractivity contribution in [3.8, 4) is 0 Å². The van der Waals surface area contributed by atoms with E-state index >= 15 is 0 Å². The average Bonchev–Trinajstić information content (AvgIpc) is 2.94. The Bertz CT molecular complexity index is 548. The summed E-state index contributed by atoms with van der Waals surface area (Å²) >= 11 is 0. The lowest BCUT2D eigenvalue weighted by molar-refractivity contribution is 0.195. The topological polar surface area (TPSA) is 65.8 Å². The van der Waals surface area contributed by atoms with E-state index in [1.807, 2.05) is 6.92 Å². The van der Waals surface area contributed by atoms with Crippen LogP contribution in [-0.4, -0.2) is 57.4 Å². The van der Waals surface area contributed by atoms with E-state index in [-0.39, 0.29) is 11.1 Å². The summed E-state index contributed by atoms with van der Waals surface area (Å²) in [6.07, 6.45) is 1.72. The number of nitrogens with one attached hydrogen (secondary N) is 1. The lowest BCUT2D eigenvalue weighted by Gasteiger charge is -2.33. The molecule has 0 aliphatic carbocycles. The number of hydrogen-bond donors (Lipinski definition) is 1. The molecule has 1 saturated heterocycles. The standard InChI is InChI=1S/C14H25N3O3S/c1-4-15-11-13-5-6-14(20-13)21(18,19)17(3)12-7-9-16(2)10-8-12/h5-6,12,15H,4,7-11H2,1-3H3. The number of piperidine rings is 1. The zero-order valence-electron chi connectivity index (χ0n) is 13.0. The van der Waals surface area contributed by atoms with Gasteiger partial charge in [-0.25, -0.2) is 8.42 Å². The Morgan fingerprint density at radius 1 is 1.38 bits per heavy atom. The summed E-state index contributed by atoms with van der Waals surface area (Å²) in [5.74, 6) is 0.646. The van der Waals surface area contributed by atoms with E-state index in [0.29, 0.717) is 12.3 Å². The van der Waals surface area contributed by atoms with E-state index in [4.69, 9.17) is 4.42 Å². The Morgan fingerprint density at radius 3 is 2.67 bits per heavy atom. The van der Waals surface area contributed by atoms with Crippen molar-refractivity contribution >= 4 is 10.0 Å². The number of nitrogens with zero attached hydrogens (tertiary/aromatic N) is 2. The largest absolute Gasteiger partial charge is 0.447 e. The molecule has 1 aromatic heterocycles. The van der Waals surface area contributed by atoms with Crippen LogP contribution < -0.4 is 5.32 Å². The maximum absolute atomic E-state index is 12.6. The zero-order valence-corrected chi connectivity index (χ0v) is 13.8. The fourth-order valence-corrected chi connectivity index (χ4v) is 3.88. The van der Waals surface area contributed by atoms with Gasteiger partial charge in [-0.3, -0.25) is 0 Å². The van der Waals surface area contributed by atoms with Crippen molar-refractivity contribution in [2.75, 3.05) is 33.7 Å². The van der Waals surface area contributed by atoms with Gasteiger partial charge in [0.2, 0.25) is 5.09 Å². The monoisotopic (exact) mass is 315 g/mol. The fourth-order valence-electron chi connectivity index (χ4n) is 2.54. The van der Waals surface area contributed by atoms with Crippen LogP contribution in [0.4, 0.5) is 0 Å². The second-order valence-electron chi connectivity index (χ2n) is 5.56. The van der Waals surface area contributed by atoms with E-state index in [0.717, 1.165) is 32.5 Å². The molecule has 21 heavy (non-hydrogen) atoms. The Morgan fingerprint density at radius 2 is 2.05 bits per heavy atom. The Kier molecular flexibility index (Phi) is 5.43. The van der Waals surface area contributed by atoms with E-state index in [1.165, 1.54) is 4.31 Å². The van der Waals surface area contributed by atoms with Crippen molar-refractivity contribution in [1.29, 1.82) is 0 Å². The molecular formula is C14H25N3O3S. The highest BCUT2D eigenvalue weighted by Crippen LogP contribution is 2.23. The Labute approximate surface area is 127 Å². The molecule has 1 aliphatic heterocycles. The van der Waals surface area contributed by atoms with Crippen LogP contribution in [-0.2, 0) is 16.6 Å². The molecule has 1 fully saturated rings. The van der Waals surface area contributed by atoms with Gasteiger partial charge in [0.1, 0.15) is 5.76 Å². The zero-order chi connectivity index (χ0) is 15.5. The van der Waals surface area contributed by atoms with Gasteiger partial charge in [0, 0.05) is 13.1 Å². The highest BCUT2D eigenvalue weighted by molar-refractivity contribution is 7.89. The SMILES string of the molecule is CCNCc1ccc(S(=O)(=O)N(C)C2CCN(C)CC2)o1. The van der Waals surface area contributed by atoms with Crippen molar-refractivity contribution in [2.45, 2.75) is 37.4 Å². The molecule has 0 amide bonds. The lowest BCUT2D eigenvalue weighted by atomic mass is 10.1. The molecular weight excluding hydrogens is 290 g/mol. The van der Waals surface area contributed by atoms with Gasteiger partial charge in [-0.1, -0.05) is 6.92 Å². The first kappa shape index (κ1) is 16.5. The molecule has 1 aromatic rings. The predicted molar refractivity (Wildman–Crippen MR) is 81.6 cm³/mol. The molecule has 0 radical (unpaired) electrons. The molecule has 1 aliphatic rings. The average molecular weight is 315 g/mol. The first-order chi connectivity index (χ1) is 9.95. The van der Waals surface area contributed by atoms with Gasteiger partial charge in [0.15, 0.2) is 0 Å². The van der Waals surface area contributed by atoms with E-state index < -0.39 is 10.0 Å². The van der Waals surface area contributed by atoms with Crippen molar-refractivity contribution < 1.29 is 12.8 Å². The molecule has 120 valence electrons. The molecule has 0 atom stereocenters. The number of hydrogen-bond acceptors (Lipinski definition) is 5. The minimum Gasteiger partial charge on any atom is -0.447 e. The molecule has 1 N–H and O–H groups in total. The van der Waals surface area contributed by atoms with Crippen molar-refractivity contribution in [2.24, 2.45) is 0 Å². The molecule has 6 nitrogen and oxygen atoms in total. The second kappa shape index (κ2) is 6.91. The second-order valence-corrected chi connectivity index (χ2v) is 7.49. The summed E-state index contributed by atoms with van der Waals surface area (Å²) in [7, 11) is 0.170. The molecule has 0 unspecified atom stereocenters. The number of furan rings is 1. The van der Waals surface area contributed by atoms with Crippen LogP contribution >= 0.6 is 0 Å². The van der Waals surface area contributed by atoms with Gasteiger partial charge >= 0.3 is 0 Å².